The molecule has 2 amide bonds. The maximum absolute atomic E-state index is 13.0. The molecule has 20 heavy (non-hydrogen) atoms. The van der Waals surface area contributed by atoms with E-state index in [9.17, 15) is 9.18 Å². The van der Waals surface area contributed by atoms with Gasteiger partial charge in [0.15, 0.2) is 0 Å². The van der Waals surface area contributed by atoms with Gasteiger partial charge >= 0.3 is 6.03 Å². The Labute approximate surface area is 125 Å². The second-order valence-corrected chi connectivity index (χ2v) is 5.42. The predicted octanol–water partition coefficient (Wildman–Crippen LogP) is 4.85. The maximum Gasteiger partial charge on any atom is 0.323 e. The van der Waals surface area contributed by atoms with E-state index in [1.807, 2.05) is 26.0 Å². The fourth-order valence-electron chi connectivity index (χ4n) is 1.95. The van der Waals surface area contributed by atoms with Gasteiger partial charge in [-0.15, -0.1) is 0 Å². The summed E-state index contributed by atoms with van der Waals surface area (Å²) in [5.74, 6) is -0.390. The van der Waals surface area contributed by atoms with Crippen molar-refractivity contribution in [2.75, 3.05) is 10.6 Å². The van der Waals surface area contributed by atoms with Gasteiger partial charge < -0.3 is 10.6 Å². The van der Waals surface area contributed by atoms with Crippen molar-refractivity contribution < 1.29 is 9.18 Å². The minimum absolute atomic E-state index is 0.390. The molecule has 2 aromatic carbocycles. The highest BCUT2D eigenvalue weighted by Gasteiger charge is 2.09. The smallest absolute Gasteiger partial charge is 0.308 e. The molecule has 0 radical (unpaired) electrons. The summed E-state index contributed by atoms with van der Waals surface area (Å²) >= 11 is 3.41. The number of rotatable bonds is 2. The highest BCUT2D eigenvalue weighted by atomic mass is 79.9. The summed E-state index contributed by atoms with van der Waals surface area (Å²) in [5.41, 5.74) is 3.06. The van der Waals surface area contributed by atoms with Crippen molar-refractivity contribution in [2.24, 2.45) is 0 Å². The van der Waals surface area contributed by atoms with Crippen LogP contribution in [0.3, 0.4) is 0 Å². The number of urea groups is 1. The van der Waals surface area contributed by atoms with E-state index in [1.54, 1.807) is 12.1 Å². The zero-order valence-electron chi connectivity index (χ0n) is 11.1. The van der Waals surface area contributed by atoms with Crippen LogP contribution >= 0.6 is 15.9 Å². The Morgan fingerprint density at radius 3 is 2.35 bits per heavy atom. The van der Waals surface area contributed by atoms with Crippen molar-refractivity contribution >= 4 is 33.3 Å². The number of nitrogens with one attached hydrogen (secondary N) is 2. The lowest BCUT2D eigenvalue weighted by Crippen LogP contribution is -2.20. The molecule has 0 saturated carbocycles. The largest absolute Gasteiger partial charge is 0.323 e. The van der Waals surface area contributed by atoms with Crippen LogP contribution in [0.15, 0.2) is 40.9 Å². The monoisotopic (exact) mass is 336 g/mol. The van der Waals surface area contributed by atoms with E-state index in [0.717, 1.165) is 21.3 Å². The first-order valence-electron chi connectivity index (χ1n) is 6.06. The molecule has 0 heterocycles. The number of carbonyl (C=O) groups excluding carboxylic acids is 1. The minimum atomic E-state index is -0.399. The third-order valence-corrected chi connectivity index (χ3v) is 3.28. The van der Waals surface area contributed by atoms with Crippen LogP contribution in [0.2, 0.25) is 0 Å². The van der Waals surface area contributed by atoms with Gasteiger partial charge in [0.2, 0.25) is 0 Å². The first-order chi connectivity index (χ1) is 9.45. The van der Waals surface area contributed by atoms with Crippen molar-refractivity contribution in [3.63, 3.8) is 0 Å². The van der Waals surface area contributed by atoms with E-state index in [1.165, 1.54) is 12.1 Å². The topological polar surface area (TPSA) is 41.1 Å². The molecule has 104 valence electrons. The van der Waals surface area contributed by atoms with Crippen LogP contribution in [0.5, 0.6) is 0 Å². The number of benzene rings is 2. The van der Waals surface area contributed by atoms with Crippen molar-refractivity contribution in [1.29, 1.82) is 0 Å². The summed E-state index contributed by atoms with van der Waals surface area (Å²) in [4.78, 5) is 11.9. The second-order valence-electron chi connectivity index (χ2n) is 4.50. The number of carbonyl (C=O) groups is 1. The molecule has 0 saturated heterocycles. The summed E-state index contributed by atoms with van der Waals surface area (Å²) in [5, 5.41) is 5.38. The Hall–Kier alpha value is -1.88. The molecule has 0 aliphatic rings. The molecule has 0 fully saturated rings. The SMILES string of the molecule is Cc1cc(Br)cc(C)c1NC(=O)Nc1cccc(F)c1. The van der Waals surface area contributed by atoms with Crippen molar-refractivity contribution in [2.45, 2.75) is 13.8 Å². The molecule has 0 bridgehead atoms. The molecule has 2 N–H and O–H groups in total. The zero-order valence-corrected chi connectivity index (χ0v) is 12.7. The van der Waals surface area contributed by atoms with E-state index in [-0.39, 0.29) is 5.82 Å². The number of aryl methyl sites for hydroxylation is 2. The molecule has 2 rings (SSSR count). The summed E-state index contributed by atoms with van der Waals surface area (Å²) in [6.07, 6.45) is 0. The first-order valence-corrected chi connectivity index (χ1v) is 6.85. The van der Waals surface area contributed by atoms with Gasteiger partial charge in [0.25, 0.3) is 0 Å². The van der Waals surface area contributed by atoms with Crippen molar-refractivity contribution in [1.82, 2.24) is 0 Å². The van der Waals surface area contributed by atoms with E-state index in [2.05, 4.69) is 26.6 Å². The van der Waals surface area contributed by atoms with Gasteiger partial charge in [0.05, 0.1) is 0 Å². The Bertz CT molecular complexity index is 635. The van der Waals surface area contributed by atoms with Crippen LogP contribution in [-0.2, 0) is 0 Å². The van der Waals surface area contributed by atoms with Gasteiger partial charge in [-0.1, -0.05) is 22.0 Å². The number of hydrogen-bond donors (Lipinski definition) is 2. The molecule has 0 spiro atoms. The molecule has 0 aliphatic carbocycles. The minimum Gasteiger partial charge on any atom is -0.308 e. The lowest BCUT2D eigenvalue weighted by molar-refractivity contribution is 0.262. The van der Waals surface area contributed by atoms with Crippen molar-refractivity contribution in [3.05, 3.63) is 57.8 Å². The summed E-state index contributed by atoms with van der Waals surface area (Å²) in [7, 11) is 0. The predicted molar refractivity (Wildman–Crippen MR) is 82.7 cm³/mol. The van der Waals surface area contributed by atoms with E-state index >= 15 is 0 Å². The highest BCUT2D eigenvalue weighted by molar-refractivity contribution is 9.10. The highest BCUT2D eigenvalue weighted by Crippen LogP contribution is 2.25. The molecule has 0 aliphatic heterocycles. The third kappa shape index (κ3) is 3.57. The number of amides is 2. The van der Waals surface area contributed by atoms with Gasteiger partial charge in [0, 0.05) is 15.8 Å². The lowest BCUT2D eigenvalue weighted by Gasteiger charge is -2.13. The Balaban J connectivity index is 2.13. The summed E-state index contributed by atoms with van der Waals surface area (Å²) in [6.45, 7) is 3.82. The Kier molecular flexibility index (Phi) is 4.39. The summed E-state index contributed by atoms with van der Waals surface area (Å²) in [6, 6.07) is 9.21. The number of hydrogen-bond acceptors (Lipinski definition) is 1. The lowest BCUT2D eigenvalue weighted by atomic mass is 10.1. The van der Waals surface area contributed by atoms with E-state index < -0.39 is 6.03 Å². The molecule has 3 nitrogen and oxygen atoms in total. The normalized spacial score (nSPS) is 10.2. The van der Waals surface area contributed by atoms with E-state index in [4.69, 9.17) is 0 Å². The molecule has 0 aromatic heterocycles. The molecule has 2 aromatic rings. The average molecular weight is 337 g/mol. The quantitative estimate of drug-likeness (QED) is 0.808. The van der Waals surface area contributed by atoms with Crippen LogP contribution in [0, 0.1) is 19.7 Å². The van der Waals surface area contributed by atoms with Crippen LogP contribution in [-0.4, -0.2) is 6.03 Å². The Morgan fingerprint density at radius 2 is 1.75 bits per heavy atom. The van der Waals surface area contributed by atoms with Crippen molar-refractivity contribution in [3.8, 4) is 0 Å². The van der Waals surface area contributed by atoms with Crippen LogP contribution in [0.4, 0.5) is 20.6 Å². The molecule has 0 atom stereocenters. The molecular weight excluding hydrogens is 323 g/mol. The standard InChI is InChI=1S/C15H14BrFN2O/c1-9-6-11(16)7-10(2)14(9)19-15(20)18-13-5-3-4-12(17)8-13/h3-8H,1-2H3,(H2,18,19,20). The fourth-order valence-corrected chi connectivity index (χ4v) is 2.64. The Morgan fingerprint density at radius 1 is 1.10 bits per heavy atom. The maximum atomic E-state index is 13.0. The van der Waals surface area contributed by atoms with Crippen LogP contribution < -0.4 is 10.6 Å². The first kappa shape index (κ1) is 14.5. The number of halogens is 2. The van der Waals surface area contributed by atoms with E-state index in [0.29, 0.717) is 5.69 Å². The van der Waals surface area contributed by atoms with Gasteiger partial charge in [-0.3, -0.25) is 0 Å². The molecule has 5 heteroatoms. The van der Waals surface area contributed by atoms with Gasteiger partial charge in [-0.25, -0.2) is 9.18 Å². The summed E-state index contributed by atoms with van der Waals surface area (Å²) < 4.78 is 14.0. The van der Waals surface area contributed by atoms with Crippen LogP contribution in [0.1, 0.15) is 11.1 Å². The zero-order chi connectivity index (χ0) is 14.7. The molecular formula is C15H14BrFN2O. The van der Waals surface area contributed by atoms with Crippen LogP contribution in [0.25, 0.3) is 0 Å². The van der Waals surface area contributed by atoms with Gasteiger partial charge in [-0.05, 0) is 55.3 Å². The third-order valence-electron chi connectivity index (χ3n) is 2.82. The average Bonchev–Trinajstić information content (AvgIpc) is 2.33. The molecule has 0 unspecified atom stereocenters. The number of anilines is 2. The second kappa shape index (κ2) is 6.05. The van der Waals surface area contributed by atoms with Gasteiger partial charge in [0.1, 0.15) is 5.82 Å². The van der Waals surface area contributed by atoms with Gasteiger partial charge in [-0.2, -0.15) is 0 Å². The fraction of sp³-hybridized carbons (Fsp3) is 0.133.